The first-order valence-corrected chi connectivity index (χ1v) is 22.8. The summed E-state index contributed by atoms with van der Waals surface area (Å²) in [5.41, 5.74) is 10.3. The predicted octanol–water partition coefficient (Wildman–Crippen LogP) is 14.8. The molecule has 0 amide bonds. The van der Waals surface area contributed by atoms with Gasteiger partial charge in [-0.3, -0.25) is 0 Å². The van der Waals surface area contributed by atoms with Gasteiger partial charge in [0.05, 0.1) is 16.7 Å². The Bertz CT molecular complexity index is 3430. The van der Waals surface area contributed by atoms with Gasteiger partial charge in [0.15, 0.2) is 23.3 Å². The van der Waals surface area contributed by atoms with Crippen LogP contribution in [-0.4, -0.2) is 34.5 Å². The largest absolute Gasteiger partial charge is 0.310 e. The van der Waals surface area contributed by atoms with Crippen molar-refractivity contribution >= 4 is 56.5 Å². The lowest BCUT2D eigenvalue weighted by Gasteiger charge is -2.25. The number of hydrogen-bond donors (Lipinski definition) is 0. The van der Waals surface area contributed by atoms with Crippen molar-refractivity contribution in [1.82, 2.24) is 34.5 Å². The number of anilines is 6. The Morgan fingerprint density at radius 2 is 0.565 bits per heavy atom. The van der Waals surface area contributed by atoms with E-state index in [9.17, 15) is 0 Å². The van der Waals surface area contributed by atoms with Crippen LogP contribution in [0.4, 0.5) is 34.6 Å². The van der Waals surface area contributed by atoms with Gasteiger partial charge in [0.1, 0.15) is 0 Å². The molecule has 3 aromatic heterocycles. The Balaban J connectivity index is 1.14. The molecule has 0 atom stereocenters. The fourth-order valence-corrected chi connectivity index (χ4v) is 8.85. The van der Waals surface area contributed by atoms with Crippen LogP contribution in [0.1, 0.15) is 0 Å². The summed E-state index contributed by atoms with van der Waals surface area (Å²) in [6.45, 7) is 0. The average molecular weight is 888 g/mol. The molecule has 0 saturated heterocycles. The first-order chi connectivity index (χ1) is 34.2. The lowest BCUT2D eigenvalue weighted by molar-refractivity contribution is 0.964. The van der Waals surface area contributed by atoms with Gasteiger partial charge in [-0.1, -0.05) is 188 Å². The van der Waals surface area contributed by atoms with E-state index in [0.29, 0.717) is 35.2 Å². The first kappa shape index (κ1) is 40.9. The van der Waals surface area contributed by atoms with Gasteiger partial charge >= 0.3 is 0 Å². The second kappa shape index (κ2) is 18.0. The zero-order valence-corrected chi connectivity index (χ0v) is 37.2. The van der Waals surface area contributed by atoms with Crippen LogP contribution >= 0.6 is 0 Å². The summed E-state index contributed by atoms with van der Waals surface area (Å²) in [4.78, 5) is 35.4. The van der Waals surface area contributed by atoms with Gasteiger partial charge in [-0.25, -0.2) is 14.9 Å². The van der Waals surface area contributed by atoms with Crippen molar-refractivity contribution in [3.63, 3.8) is 0 Å². The average Bonchev–Trinajstić information content (AvgIpc) is 3.75. The minimum atomic E-state index is 0.345. The van der Waals surface area contributed by atoms with Crippen molar-refractivity contribution in [1.29, 1.82) is 0 Å². The Morgan fingerprint density at radius 3 is 0.913 bits per heavy atom. The summed E-state index contributed by atoms with van der Waals surface area (Å²) in [6, 6.07) is 84.7. The van der Waals surface area contributed by atoms with Gasteiger partial charge in [0.2, 0.25) is 11.9 Å². The maximum absolute atomic E-state index is 5.27. The van der Waals surface area contributed by atoms with Crippen LogP contribution in [0.3, 0.4) is 0 Å². The molecule has 12 rings (SSSR count). The monoisotopic (exact) mass is 887 g/mol. The zero-order valence-electron chi connectivity index (χ0n) is 37.2. The molecule has 326 valence electrons. The van der Waals surface area contributed by atoms with Crippen molar-refractivity contribution in [3.8, 4) is 51.2 Å². The van der Waals surface area contributed by atoms with Gasteiger partial charge in [-0.05, 0) is 60.7 Å². The van der Waals surface area contributed by atoms with E-state index in [4.69, 9.17) is 29.9 Å². The highest BCUT2D eigenvalue weighted by Gasteiger charge is 2.26. The molecular weight excluding hydrogens is 847 g/mol. The molecule has 0 bridgehead atoms. The molecule has 0 aliphatic heterocycles. The third-order valence-electron chi connectivity index (χ3n) is 12.1. The number of rotatable bonds is 11. The van der Waals surface area contributed by atoms with Crippen molar-refractivity contribution in [2.24, 2.45) is 0 Å². The van der Waals surface area contributed by atoms with E-state index >= 15 is 0 Å². The number of aromatic nitrogens is 7. The Morgan fingerprint density at radius 1 is 0.261 bits per heavy atom. The molecule has 0 spiro atoms. The van der Waals surface area contributed by atoms with E-state index in [1.807, 2.05) is 144 Å². The summed E-state index contributed by atoms with van der Waals surface area (Å²) in [5, 5.41) is 2.18. The molecule has 0 saturated carbocycles. The summed E-state index contributed by atoms with van der Waals surface area (Å²) in [7, 11) is 0. The Labute approximate surface area is 399 Å². The number of para-hydroxylation sites is 3. The quantitative estimate of drug-likeness (QED) is 0.127. The highest BCUT2D eigenvalue weighted by molar-refractivity contribution is 6.11. The summed E-state index contributed by atoms with van der Waals surface area (Å²) >= 11 is 0. The molecule has 0 aliphatic carbocycles. The molecule has 12 aromatic rings. The van der Waals surface area contributed by atoms with E-state index in [1.165, 1.54) is 0 Å². The molecule has 0 N–H and O–H groups in total. The molecule has 3 heterocycles. The molecule has 69 heavy (non-hydrogen) atoms. The SMILES string of the molecule is c1ccc(-c2nc(-c3ccccc3)nc(N(c3ccc4c5ccc(N(c6ccccc6)c6ccccc6)cc5n(-c5ccccc5)c4c3)c3nc(-c4ccccc4)nc(-c4ccccc4)n3)n2)cc1. The van der Waals surface area contributed by atoms with Crippen LogP contribution < -0.4 is 9.80 Å². The van der Waals surface area contributed by atoms with Gasteiger partial charge in [-0.15, -0.1) is 0 Å². The smallest absolute Gasteiger partial charge is 0.241 e. The number of hydrogen-bond acceptors (Lipinski definition) is 8. The third-order valence-corrected chi connectivity index (χ3v) is 12.1. The standard InChI is InChI=1S/C60H41N9/c1-8-22-42(23-9-1)55-61-56(43-24-10-2-11-25-43)64-59(63-55)69(60-65-57(44-26-12-3-13-27-44)62-58(66-60)45-28-14-4-15-29-45)50-37-39-52-51-38-36-49(40-53(51)68(54(52)41-50)48-34-20-7-21-35-48)67(46-30-16-5-17-31-46)47-32-18-6-19-33-47/h1-41H. The van der Waals surface area contributed by atoms with E-state index in [2.05, 4.69) is 119 Å². The van der Waals surface area contributed by atoms with E-state index in [0.717, 1.165) is 72.5 Å². The van der Waals surface area contributed by atoms with Crippen LogP contribution in [0.5, 0.6) is 0 Å². The van der Waals surface area contributed by atoms with Crippen LogP contribution in [0.2, 0.25) is 0 Å². The van der Waals surface area contributed by atoms with Gasteiger partial charge in [-0.2, -0.15) is 19.9 Å². The normalized spacial score (nSPS) is 11.2. The zero-order chi connectivity index (χ0) is 45.9. The van der Waals surface area contributed by atoms with Crippen molar-refractivity contribution in [2.45, 2.75) is 0 Å². The molecule has 9 heteroatoms. The highest BCUT2D eigenvalue weighted by Crippen LogP contribution is 2.42. The topological polar surface area (TPSA) is 88.8 Å². The minimum Gasteiger partial charge on any atom is -0.310 e. The van der Waals surface area contributed by atoms with Crippen LogP contribution in [0, 0.1) is 0 Å². The molecule has 9 aromatic carbocycles. The van der Waals surface area contributed by atoms with Crippen LogP contribution in [0.25, 0.3) is 73.0 Å². The Kier molecular flexibility index (Phi) is 10.7. The van der Waals surface area contributed by atoms with Gasteiger partial charge < -0.3 is 9.47 Å². The highest BCUT2D eigenvalue weighted by atomic mass is 15.4. The molecule has 0 radical (unpaired) electrons. The third kappa shape index (κ3) is 8.00. The van der Waals surface area contributed by atoms with Gasteiger partial charge in [0.25, 0.3) is 0 Å². The fraction of sp³-hybridized carbons (Fsp3) is 0. The Hall–Kier alpha value is -9.60. The summed E-state index contributed by atoms with van der Waals surface area (Å²) in [5.74, 6) is 2.74. The predicted molar refractivity (Wildman–Crippen MR) is 279 cm³/mol. The van der Waals surface area contributed by atoms with Crippen molar-refractivity contribution in [3.05, 3.63) is 249 Å². The number of nitrogens with zero attached hydrogens (tertiary/aromatic N) is 9. The first-order valence-electron chi connectivity index (χ1n) is 22.8. The van der Waals surface area contributed by atoms with Gasteiger partial charge in [0, 0.05) is 55.8 Å². The van der Waals surface area contributed by atoms with Crippen LogP contribution in [-0.2, 0) is 0 Å². The minimum absolute atomic E-state index is 0.345. The summed E-state index contributed by atoms with van der Waals surface area (Å²) < 4.78 is 2.33. The fourth-order valence-electron chi connectivity index (χ4n) is 8.85. The molecule has 0 fully saturated rings. The van der Waals surface area contributed by atoms with Crippen molar-refractivity contribution in [2.75, 3.05) is 9.80 Å². The van der Waals surface area contributed by atoms with Crippen molar-refractivity contribution < 1.29 is 0 Å². The van der Waals surface area contributed by atoms with E-state index < -0.39 is 0 Å². The maximum Gasteiger partial charge on any atom is 0.241 e. The second-order valence-corrected chi connectivity index (χ2v) is 16.4. The van der Waals surface area contributed by atoms with Crippen LogP contribution in [0.15, 0.2) is 249 Å². The molecule has 0 unspecified atom stereocenters. The van der Waals surface area contributed by atoms with E-state index in [1.54, 1.807) is 0 Å². The molecule has 9 nitrogen and oxygen atoms in total. The van der Waals surface area contributed by atoms with E-state index in [-0.39, 0.29) is 0 Å². The number of benzene rings is 9. The summed E-state index contributed by atoms with van der Waals surface area (Å²) in [6.07, 6.45) is 0. The maximum atomic E-state index is 5.27. The lowest BCUT2D eigenvalue weighted by Crippen LogP contribution is -2.19. The second-order valence-electron chi connectivity index (χ2n) is 16.4. The lowest BCUT2D eigenvalue weighted by atomic mass is 10.1. The molecular formula is C60H41N9. The molecule has 0 aliphatic rings. The number of fused-ring (bicyclic) bond motifs is 3.